The predicted molar refractivity (Wildman–Crippen MR) is 109 cm³/mol. The monoisotopic (exact) mass is 407 g/mol. The van der Waals surface area contributed by atoms with Crippen LogP contribution in [0.2, 0.25) is 5.02 Å². The summed E-state index contributed by atoms with van der Waals surface area (Å²) in [6, 6.07) is 16.3. The van der Waals surface area contributed by atoms with Gasteiger partial charge in [0.2, 0.25) is 0 Å². The van der Waals surface area contributed by atoms with Crippen LogP contribution in [0.3, 0.4) is 0 Å². The first-order valence-electron chi connectivity index (χ1n) is 8.41. The van der Waals surface area contributed by atoms with Crippen molar-refractivity contribution in [2.75, 3.05) is 5.32 Å². The van der Waals surface area contributed by atoms with Gasteiger partial charge in [-0.05, 0) is 48.9 Å². The molecule has 1 aromatic heterocycles. The second kappa shape index (κ2) is 8.42. The average molecular weight is 408 g/mol. The highest BCUT2D eigenvalue weighted by Gasteiger charge is 2.15. The van der Waals surface area contributed by atoms with Crippen molar-refractivity contribution in [3.63, 3.8) is 0 Å². The molecule has 0 saturated carbocycles. The number of rotatable bonds is 5. The summed E-state index contributed by atoms with van der Waals surface area (Å²) in [6.07, 6.45) is 1.31. The summed E-state index contributed by atoms with van der Waals surface area (Å²) in [7, 11) is 0. The molecule has 3 aromatic rings. The van der Waals surface area contributed by atoms with Crippen LogP contribution in [-0.2, 0) is 4.79 Å². The van der Waals surface area contributed by atoms with Gasteiger partial charge in [-0.1, -0.05) is 17.7 Å². The largest absolute Gasteiger partial charge is 0.457 e. The van der Waals surface area contributed by atoms with E-state index in [4.69, 9.17) is 16.0 Å². The van der Waals surface area contributed by atoms with Crippen molar-refractivity contribution in [1.82, 2.24) is 0 Å². The zero-order valence-electron chi connectivity index (χ0n) is 15.2. The Balaban J connectivity index is 1.83. The number of nitrogens with zero attached hydrogens (tertiary/aromatic N) is 2. The van der Waals surface area contributed by atoms with Gasteiger partial charge in [0.25, 0.3) is 11.6 Å². The molecule has 144 valence electrons. The fourth-order valence-electron chi connectivity index (χ4n) is 2.54. The summed E-state index contributed by atoms with van der Waals surface area (Å²) in [5.41, 5.74) is 1.32. The van der Waals surface area contributed by atoms with Crippen molar-refractivity contribution in [3.05, 3.63) is 86.6 Å². The van der Waals surface area contributed by atoms with Gasteiger partial charge in [0, 0.05) is 28.8 Å². The molecule has 0 bridgehead atoms. The number of benzene rings is 2. The van der Waals surface area contributed by atoms with E-state index in [0.717, 1.165) is 5.56 Å². The van der Waals surface area contributed by atoms with Gasteiger partial charge < -0.3 is 9.73 Å². The smallest absolute Gasteiger partial charge is 0.271 e. The molecule has 2 aromatic carbocycles. The number of aryl methyl sites for hydroxylation is 1. The number of nitriles is 1. The third kappa shape index (κ3) is 4.69. The van der Waals surface area contributed by atoms with Gasteiger partial charge in [-0.15, -0.1) is 0 Å². The number of non-ortho nitro benzene ring substituents is 1. The van der Waals surface area contributed by atoms with Crippen LogP contribution in [0.25, 0.3) is 17.4 Å². The summed E-state index contributed by atoms with van der Waals surface area (Å²) < 4.78 is 5.68. The Labute approximate surface area is 171 Å². The van der Waals surface area contributed by atoms with Crippen molar-refractivity contribution in [1.29, 1.82) is 5.26 Å². The van der Waals surface area contributed by atoms with E-state index in [1.807, 2.05) is 6.07 Å². The number of amides is 1. The number of halogens is 1. The van der Waals surface area contributed by atoms with Crippen molar-refractivity contribution in [2.45, 2.75) is 6.92 Å². The Morgan fingerprint density at radius 3 is 2.59 bits per heavy atom. The first kappa shape index (κ1) is 19.9. The van der Waals surface area contributed by atoms with Crippen molar-refractivity contribution >= 4 is 35.0 Å². The lowest BCUT2D eigenvalue weighted by atomic mass is 10.1. The lowest BCUT2D eigenvalue weighted by molar-refractivity contribution is -0.384. The van der Waals surface area contributed by atoms with E-state index in [1.54, 1.807) is 43.3 Å². The zero-order chi connectivity index (χ0) is 21.0. The quantitative estimate of drug-likeness (QED) is 0.265. The molecular formula is C21H14ClN3O4. The molecule has 0 atom stereocenters. The summed E-state index contributed by atoms with van der Waals surface area (Å²) in [4.78, 5) is 22.8. The average Bonchev–Trinajstić information content (AvgIpc) is 3.16. The standard InChI is InChI=1S/C21H14ClN3O4/c1-13-2-7-17(25(27)28)11-19(13)24-21(26)15(12-23)10-18-8-9-20(29-18)14-3-5-16(22)6-4-14/h2-11H,1H3,(H,24,26)/b15-10+. The molecule has 1 heterocycles. The zero-order valence-corrected chi connectivity index (χ0v) is 15.9. The summed E-state index contributed by atoms with van der Waals surface area (Å²) in [6.45, 7) is 1.69. The van der Waals surface area contributed by atoms with Crippen LogP contribution in [0.1, 0.15) is 11.3 Å². The van der Waals surface area contributed by atoms with E-state index in [-0.39, 0.29) is 16.9 Å². The van der Waals surface area contributed by atoms with Gasteiger partial charge >= 0.3 is 0 Å². The van der Waals surface area contributed by atoms with Crippen LogP contribution in [0.15, 0.2) is 64.6 Å². The Bertz CT molecular complexity index is 1160. The van der Waals surface area contributed by atoms with Gasteiger partial charge in [0.1, 0.15) is 23.2 Å². The van der Waals surface area contributed by atoms with Crippen molar-refractivity contribution in [3.8, 4) is 17.4 Å². The second-order valence-electron chi connectivity index (χ2n) is 6.09. The molecule has 3 rings (SSSR count). The molecule has 0 radical (unpaired) electrons. The van der Waals surface area contributed by atoms with E-state index in [1.165, 1.54) is 24.3 Å². The van der Waals surface area contributed by atoms with Gasteiger partial charge in [-0.3, -0.25) is 14.9 Å². The summed E-state index contributed by atoms with van der Waals surface area (Å²) >= 11 is 5.87. The molecule has 0 saturated heterocycles. The van der Waals surface area contributed by atoms with E-state index < -0.39 is 10.8 Å². The minimum absolute atomic E-state index is 0.160. The normalized spacial score (nSPS) is 11.0. The maximum Gasteiger partial charge on any atom is 0.271 e. The van der Waals surface area contributed by atoms with Gasteiger partial charge in [0.15, 0.2) is 0 Å². The summed E-state index contributed by atoms with van der Waals surface area (Å²) in [5, 5.41) is 23.4. The van der Waals surface area contributed by atoms with Crippen LogP contribution in [-0.4, -0.2) is 10.8 Å². The molecule has 0 aliphatic carbocycles. The Kier molecular flexibility index (Phi) is 5.77. The third-order valence-electron chi connectivity index (χ3n) is 4.09. The fraction of sp³-hybridized carbons (Fsp3) is 0.0476. The van der Waals surface area contributed by atoms with E-state index in [2.05, 4.69) is 5.32 Å². The maximum atomic E-state index is 12.5. The van der Waals surface area contributed by atoms with E-state index in [0.29, 0.717) is 22.1 Å². The van der Waals surface area contributed by atoms with Crippen molar-refractivity contribution in [2.24, 2.45) is 0 Å². The number of nitro groups is 1. The number of furan rings is 1. The maximum absolute atomic E-state index is 12.5. The van der Waals surface area contributed by atoms with Crippen LogP contribution in [0.4, 0.5) is 11.4 Å². The minimum Gasteiger partial charge on any atom is -0.457 e. The molecule has 7 nitrogen and oxygen atoms in total. The Hall–Kier alpha value is -3.89. The molecule has 1 amide bonds. The Morgan fingerprint density at radius 1 is 1.21 bits per heavy atom. The number of hydrogen-bond acceptors (Lipinski definition) is 5. The lowest BCUT2D eigenvalue weighted by Crippen LogP contribution is -2.14. The highest BCUT2D eigenvalue weighted by molar-refractivity contribution is 6.30. The molecule has 0 unspecified atom stereocenters. The van der Waals surface area contributed by atoms with Crippen LogP contribution in [0, 0.1) is 28.4 Å². The molecule has 0 fully saturated rings. The highest BCUT2D eigenvalue weighted by Crippen LogP contribution is 2.26. The SMILES string of the molecule is Cc1ccc([N+](=O)[O-])cc1NC(=O)/C(C#N)=C/c1ccc(-c2ccc(Cl)cc2)o1. The molecule has 0 spiro atoms. The number of carbonyl (C=O) groups is 1. The molecule has 8 heteroatoms. The van der Waals surface area contributed by atoms with Gasteiger partial charge in [0.05, 0.1) is 10.6 Å². The van der Waals surface area contributed by atoms with Gasteiger partial charge in [-0.2, -0.15) is 5.26 Å². The molecule has 1 N–H and O–H groups in total. The summed E-state index contributed by atoms with van der Waals surface area (Å²) in [5.74, 6) is 0.179. The topological polar surface area (TPSA) is 109 Å². The third-order valence-corrected chi connectivity index (χ3v) is 4.34. The van der Waals surface area contributed by atoms with E-state index >= 15 is 0 Å². The lowest BCUT2D eigenvalue weighted by Gasteiger charge is -2.07. The highest BCUT2D eigenvalue weighted by atomic mass is 35.5. The van der Waals surface area contributed by atoms with Crippen LogP contribution >= 0.6 is 11.6 Å². The molecule has 0 aliphatic rings. The molecule has 0 aliphatic heterocycles. The Morgan fingerprint density at radius 2 is 1.93 bits per heavy atom. The first-order valence-corrected chi connectivity index (χ1v) is 8.79. The number of nitrogens with one attached hydrogen (secondary N) is 1. The number of nitro benzene ring substituents is 1. The van der Waals surface area contributed by atoms with Crippen LogP contribution in [0.5, 0.6) is 0 Å². The second-order valence-corrected chi connectivity index (χ2v) is 6.53. The number of carbonyl (C=O) groups excluding carboxylic acids is 1. The first-order chi connectivity index (χ1) is 13.9. The minimum atomic E-state index is -0.694. The predicted octanol–water partition coefficient (Wildman–Crippen LogP) is 5.36. The van der Waals surface area contributed by atoms with Crippen molar-refractivity contribution < 1.29 is 14.1 Å². The van der Waals surface area contributed by atoms with E-state index in [9.17, 15) is 20.2 Å². The number of anilines is 1. The molecular weight excluding hydrogens is 394 g/mol. The van der Waals surface area contributed by atoms with Gasteiger partial charge in [-0.25, -0.2) is 0 Å². The number of hydrogen-bond donors (Lipinski definition) is 1. The fourth-order valence-corrected chi connectivity index (χ4v) is 2.66. The molecule has 29 heavy (non-hydrogen) atoms. The van der Waals surface area contributed by atoms with Crippen LogP contribution < -0.4 is 5.32 Å².